The monoisotopic (exact) mass is 403 g/mol. The van der Waals surface area contributed by atoms with Crippen molar-refractivity contribution in [2.24, 2.45) is 0 Å². The van der Waals surface area contributed by atoms with Crippen LogP contribution in [0.1, 0.15) is 38.5 Å². The Labute approximate surface area is 154 Å². The predicted octanol–water partition coefficient (Wildman–Crippen LogP) is 3.05. The lowest BCUT2D eigenvalue weighted by Crippen LogP contribution is -2.39. The Morgan fingerprint density at radius 2 is 1.88 bits per heavy atom. The van der Waals surface area contributed by atoms with Crippen molar-refractivity contribution in [3.63, 3.8) is 0 Å². The summed E-state index contributed by atoms with van der Waals surface area (Å²) in [5.41, 5.74) is 1.63. The third-order valence-corrected chi connectivity index (χ3v) is 7.00. The Morgan fingerprint density at radius 1 is 1.21 bits per heavy atom. The first-order valence-electron chi connectivity index (χ1n) is 8.38. The summed E-state index contributed by atoms with van der Waals surface area (Å²) < 4.78 is 22.7. The number of carbonyl (C=O) groups is 1. The van der Waals surface area contributed by atoms with Gasteiger partial charge in [0.15, 0.2) is 0 Å². The molecule has 2 N–H and O–H groups in total. The highest BCUT2D eigenvalue weighted by Gasteiger charge is 2.40. The second kappa shape index (κ2) is 12.5. The first-order valence-corrected chi connectivity index (χ1v) is 11.0. The molecule has 7 nitrogen and oxygen atoms in total. The molecule has 1 aliphatic heterocycles. The van der Waals surface area contributed by atoms with E-state index in [2.05, 4.69) is 0 Å². The molecule has 0 saturated carbocycles. The van der Waals surface area contributed by atoms with Crippen molar-refractivity contribution >= 4 is 36.8 Å². The number of carbonyl (C=O) groups excluding carboxylic acids is 1. The Kier molecular flexibility index (Phi) is 11.5. The molecule has 1 fully saturated rings. The maximum atomic E-state index is 13.3. The molecule has 10 heteroatoms. The summed E-state index contributed by atoms with van der Waals surface area (Å²) in [5.74, 6) is 0.400. The molecular formula is C14H28Cl2N3O4P. The van der Waals surface area contributed by atoms with Crippen LogP contribution in [0.25, 0.3) is 0 Å². The zero-order valence-electron chi connectivity index (χ0n) is 14.0. The van der Waals surface area contributed by atoms with Crippen molar-refractivity contribution in [1.29, 1.82) is 0 Å². The number of alkyl halides is 2. The second-order valence-corrected chi connectivity index (χ2v) is 8.79. The lowest BCUT2D eigenvalue weighted by molar-refractivity contribution is -0.129. The predicted molar refractivity (Wildman–Crippen MR) is 95.8 cm³/mol. The summed E-state index contributed by atoms with van der Waals surface area (Å²) in [6.07, 6.45) is 4.60. The molecule has 0 radical (unpaired) electrons. The van der Waals surface area contributed by atoms with Crippen molar-refractivity contribution in [3.8, 4) is 0 Å². The standard InChI is InChI=1S/C14H28Cl2N3O4P/c15-7-11-19(12-8-16)24(22)18(10-5-13-23-24)9-4-2-1-3-6-14(20)17-21/h21H,1-13H2,(H,17,20). The van der Waals surface area contributed by atoms with Gasteiger partial charge in [0.1, 0.15) is 0 Å². The van der Waals surface area contributed by atoms with Gasteiger partial charge in [0.2, 0.25) is 5.91 Å². The highest BCUT2D eigenvalue weighted by atomic mass is 35.5. The van der Waals surface area contributed by atoms with E-state index in [9.17, 15) is 9.36 Å². The molecule has 0 bridgehead atoms. The summed E-state index contributed by atoms with van der Waals surface area (Å²) in [6, 6.07) is 0. The third kappa shape index (κ3) is 7.16. The topological polar surface area (TPSA) is 82.1 Å². The largest absolute Gasteiger partial charge is 0.346 e. The van der Waals surface area contributed by atoms with Gasteiger partial charge in [0, 0.05) is 44.4 Å². The van der Waals surface area contributed by atoms with Crippen LogP contribution in [-0.2, 0) is 13.9 Å². The summed E-state index contributed by atoms with van der Waals surface area (Å²) in [5, 5.41) is 8.43. The van der Waals surface area contributed by atoms with Crippen LogP contribution in [0.4, 0.5) is 0 Å². The molecular weight excluding hydrogens is 376 g/mol. The van der Waals surface area contributed by atoms with E-state index in [4.69, 9.17) is 32.9 Å². The molecule has 0 aromatic rings. The number of hydroxylamine groups is 1. The van der Waals surface area contributed by atoms with Gasteiger partial charge in [-0.2, -0.15) is 0 Å². The van der Waals surface area contributed by atoms with E-state index in [0.29, 0.717) is 44.4 Å². The van der Waals surface area contributed by atoms with E-state index in [1.165, 1.54) is 0 Å². The second-order valence-electron chi connectivity index (χ2n) is 5.66. The van der Waals surface area contributed by atoms with Crippen LogP contribution in [0.3, 0.4) is 0 Å². The number of amides is 1. The minimum absolute atomic E-state index is 0.320. The van der Waals surface area contributed by atoms with E-state index in [-0.39, 0.29) is 5.91 Å². The maximum Gasteiger partial charge on any atom is 0.346 e. The molecule has 1 atom stereocenters. The zero-order chi connectivity index (χ0) is 17.8. The summed E-state index contributed by atoms with van der Waals surface area (Å²) >= 11 is 11.7. The summed E-state index contributed by atoms with van der Waals surface area (Å²) in [6.45, 7) is 2.89. The van der Waals surface area contributed by atoms with Gasteiger partial charge in [-0.1, -0.05) is 12.8 Å². The highest BCUT2D eigenvalue weighted by Crippen LogP contribution is 2.56. The van der Waals surface area contributed by atoms with Gasteiger partial charge in [0.05, 0.1) is 6.61 Å². The minimum atomic E-state index is -3.04. The van der Waals surface area contributed by atoms with Crippen LogP contribution < -0.4 is 5.48 Å². The van der Waals surface area contributed by atoms with Crippen LogP contribution in [0.15, 0.2) is 0 Å². The fourth-order valence-electron chi connectivity index (χ4n) is 2.69. The van der Waals surface area contributed by atoms with Crippen molar-refractivity contribution in [1.82, 2.24) is 14.8 Å². The number of nitrogens with zero attached hydrogens (tertiary/aromatic N) is 2. The van der Waals surface area contributed by atoms with Gasteiger partial charge in [0.25, 0.3) is 0 Å². The smallest absolute Gasteiger partial charge is 0.306 e. The molecule has 0 aliphatic carbocycles. The molecule has 0 aromatic carbocycles. The minimum Gasteiger partial charge on any atom is -0.306 e. The van der Waals surface area contributed by atoms with Gasteiger partial charge in [-0.3, -0.25) is 14.6 Å². The van der Waals surface area contributed by atoms with E-state index < -0.39 is 7.67 Å². The molecule has 1 rings (SSSR count). The average molecular weight is 404 g/mol. The molecule has 0 aromatic heterocycles. The number of hydrogen-bond acceptors (Lipinski definition) is 4. The van der Waals surface area contributed by atoms with Crippen LogP contribution in [-0.4, -0.2) is 65.0 Å². The molecule has 1 heterocycles. The number of rotatable bonds is 12. The number of hydrogen-bond donors (Lipinski definition) is 2. The normalized spacial score (nSPS) is 22.0. The fourth-order valence-corrected chi connectivity index (χ4v) is 5.88. The lowest BCUT2D eigenvalue weighted by atomic mass is 10.1. The lowest BCUT2D eigenvalue weighted by Gasteiger charge is -2.40. The maximum absolute atomic E-state index is 13.3. The average Bonchev–Trinajstić information content (AvgIpc) is 2.59. The van der Waals surface area contributed by atoms with E-state index in [0.717, 1.165) is 38.6 Å². The molecule has 1 aliphatic rings. The number of nitrogens with one attached hydrogen (secondary N) is 1. The molecule has 24 heavy (non-hydrogen) atoms. The van der Waals surface area contributed by atoms with Crippen molar-refractivity contribution in [2.75, 3.05) is 44.5 Å². The van der Waals surface area contributed by atoms with Gasteiger partial charge in [-0.05, 0) is 19.3 Å². The zero-order valence-corrected chi connectivity index (χ0v) is 16.4. The van der Waals surface area contributed by atoms with Crippen LogP contribution in [0.2, 0.25) is 0 Å². The fraction of sp³-hybridized carbons (Fsp3) is 0.929. The highest BCUT2D eigenvalue weighted by molar-refractivity contribution is 7.54. The summed E-state index contributed by atoms with van der Waals surface area (Å²) in [4.78, 5) is 10.9. The van der Waals surface area contributed by atoms with E-state index >= 15 is 0 Å². The number of unbranched alkanes of at least 4 members (excludes halogenated alkanes) is 3. The van der Waals surface area contributed by atoms with Crippen LogP contribution in [0, 0.1) is 0 Å². The summed E-state index contributed by atoms with van der Waals surface area (Å²) in [7, 11) is -3.04. The van der Waals surface area contributed by atoms with Crippen molar-refractivity contribution < 1.29 is 19.1 Å². The quantitative estimate of drug-likeness (QED) is 0.171. The van der Waals surface area contributed by atoms with Crippen LogP contribution >= 0.6 is 30.9 Å². The first-order chi connectivity index (χ1) is 11.6. The van der Waals surface area contributed by atoms with E-state index in [1.54, 1.807) is 10.2 Å². The Bertz CT molecular complexity index is 411. The van der Waals surface area contributed by atoms with Gasteiger partial charge >= 0.3 is 7.67 Å². The SMILES string of the molecule is O=C(CCCCCCN1CCCOP1(=O)N(CCCl)CCCl)NO. The Balaban J connectivity index is 2.45. The van der Waals surface area contributed by atoms with E-state index in [1.807, 2.05) is 4.67 Å². The van der Waals surface area contributed by atoms with Crippen molar-refractivity contribution in [2.45, 2.75) is 38.5 Å². The van der Waals surface area contributed by atoms with Gasteiger partial charge in [-0.25, -0.2) is 14.8 Å². The van der Waals surface area contributed by atoms with Gasteiger partial charge in [-0.15, -0.1) is 23.2 Å². The number of halogens is 2. The Hall–Kier alpha value is 0.120. The van der Waals surface area contributed by atoms with Crippen molar-refractivity contribution in [3.05, 3.63) is 0 Å². The Morgan fingerprint density at radius 3 is 2.50 bits per heavy atom. The van der Waals surface area contributed by atoms with Gasteiger partial charge < -0.3 is 4.52 Å². The molecule has 142 valence electrons. The molecule has 1 saturated heterocycles. The third-order valence-electron chi connectivity index (χ3n) is 3.91. The molecule has 0 spiro atoms. The first kappa shape index (κ1) is 22.2. The molecule has 1 amide bonds. The van der Waals surface area contributed by atoms with Crippen LogP contribution in [0.5, 0.6) is 0 Å². The molecule has 1 unspecified atom stereocenters.